The summed E-state index contributed by atoms with van der Waals surface area (Å²) in [4.78, 5) is 0. The molecule has 0 saturated carbocycles. The first-order valence-corrected chi connectivity index (χ1v) is 8.02. The first-order valence-electron chi connectivity index (χ1n) is 4.31. The van der Waals surface area contributed by atoms with Gasteiger partial charge in [0.15, 0.2) is 0 Å². The van der Waals surface area contributed by atoms with Crippen LogP contribution in [0.1, 0.15) is 5.76 Å². The van der Waals surface area contributed by atoms with Crippen LogP contribution in [0.25, 0.3) is 0 Å². The van der Waals surface area contributed by atoms with Gasteiger partial charge in [-0.05, 0) is 18.3 Å². The molecule has 0 aliphatic rings. The summed E-state index contributed by atoms with van der Waals surface area (Å²) >= 11 is 0. The van der Waals surface area contributed by atoms with Crippen LogP contribution < -0.4 is 5.32 Å². The van der Waals surface area contributed by atoms with Gasteiger partial charge in [-0.25, -0.2) is 0 Å². The van der Waals surface area contributed by atoms with Crippen LogP contribution in [-0.2, 0) is 6.54 Å². The molecule has 0 radical (unpaired) electrons. The van der Waals surface area contributed by atoms with Gasteiger partial charge in [0.1, 0.15) is 5.76 Å². The molecule has 0 atom stereocenters. The van der Waals surface area contributed by atoms with Gasteiger partial charge in [-0.3, -0.25) is 0 Å². The smallest absolute Gasteiger partial charge is 0.117 e. The van der Waals surface area contributed by atoms with Gasteiger partial charge in [0.05, 0.1) is 20.9 Å². The van der Waals surface area contributed by atoms with Crippen molar-refractivity contribution < 1.29 is 4.42 Å². The first kappa shape index (κ1) is 9.54. The number of rotatable bonds is 4. The molecular formula is C9H17NOSi. The predicted molar refractivity (Wildman–Crippen MR) is 53.8 cm³/mol. The minimum absolute atomic E-state index is 0.858. The second-order valence-electron chi connectivity index (χ2n) is 4.24. The normalized spacial score (nSPS) is 11.9. The molecule has 1 heterocycles. The average molecular weight is 183 g/mol. The van der Waals surface area contributed by atoms with Gasteiger partial charge in [-0.15, -0.1) is 0 Å². The zero-order chi connectivity index (χ0) is 9.03. The Morgan fingerprint density at radius 3 is 2.67 bits per heavy atom. The highest BCUT2D eigenvalue weighted by atomic mass is 28.3. The summed E-state index contributed by atoms with van der Waals surface area (Å²) in [6.45, 7) is 7.91. The van der Waals surface area contributed by atoms with Crippen LogP contribution in [0.15, 0.2) is 22.8 Å². The second kappa shape index (κ2) is 3.91. The van der Waals surface area contributed by atoms with Crippen molar-refractivity contribution in [3.05, 3.63) is 24.2 Å². The maximum absolute atomic E-state index is 5.20. The molecule has 1 rings (SSSR count). The number of furan rings is 1. The van der Waals surface area contributed by atoms with Crippen molar-refractivity contribution in [3.8, 4) is 0 Å². The van der Waals surface area contributed by atoms with Crippen LogP contribution in [0, 0.1) is 0 Å². The topological polar surface area (TPSA) is 25.2 Å². The van der Waals surface area contributed by atoms with Crippen molar-refractivity contribution in [1.82, 2.24) is 5.32 Å². The first-order chi connectivity index (χ1) is 5.58. The summed E-state index contributed by atoms with van der Waals surface area (Å²) in [5.74, 6) is 1.02. The third kappa shape index (κ3) is 3.73. The Balaban J connectivity index is 2.20. The minimum Gasteiger partial charge on any atom is -0.468 e. The molecule has 2 nitrogen and oxygen atoms in total. The SMILES string of the molecule is C[Si](C)(C)CNCc1ccco1. The molecule has 0 fully saturated rings. The zero-order valence-electron chi connectivity index (χ0n) is 8.05. The van der Waals surface area contributed by atoms with E-state index in [0.29, 0.717) is 0 Å². The van der Waals surface area contributed by atoms with Gasteiger partial charge < -0.3 is 9.73 Å². The van der Waals surface area contributed by atoms with Crippen LogP contribution in [0.3, 0.4) is 0 Å². The van der Waals surface area contributed by atoms with E-state index < -0.39 is 8.07 Å². The third-order valence-electron chi connectivity index (χ3n) is 1.53. The van der Waals surface area contributed by atoms with Crippen LogP contribution >= 0.6 is 0 Å². The lowest BCUT2D eigenvalue weighted by Gasteiger charge is -2.15. The Bertz CT molecular complexity index is 213. The lowest BCUT2D eigenvalue weighted by molar-refractivity contribution is 0.492. The number of hydrogen-bond donors (Lipinski definition) is 1. The highest BCUT2D eigenvalue weighted by Crippen LogP contribution is 2.01. The molecule has 0 aromatic carbocycles. The number of hydrogen-bond acceptors (Lipinski definition) is 2. The van der Waals surface area contributed by atoms with Gasteiger partial charge in [0.25, 0.3) is 0 Å². The van der Waals surface area contributed by atoms with Crippen LogP contribution in [-0.4, -0.2) is 14.2 Å². The standard InChI is InChI=1S/C9H17NOSi/c1-12(2,3)8-10-7-9-5-4-6-11-9/h4-6,10H,7-8H2,1-3H3. The third-order valence-corrected chi connectivity index (χ3v) is 2.85. The Morgan fingerprint density at radius 2 is 2.17 bits per heavy atom. The molecule has 0 bridgehead atoms. The van der Waals surface area contributed by atoms with Crippen LogP contribution in [0.5, 0.6) is 0 Å². The summed E-state index contributed by atoms with van der Waals surface area (Å²) in [7, 11) is -0.943. The lowest BCUT2D eigenvalue weighted by atomic mass is 10.4. The van der Waals surface area contributed by atoms with E-state index >= 15 is 0 Å². The van der Waals surface area contributed by atoms with Crippen molar-refractivity contribution in [2.45, 2.75) is 26.2 Å². The van der Waals surface area contributed by atoms with Crippen molar-refractivity contribution in [3.63, 3.8) is 0 Å². The van der Waals surface area contributed by atoms with Gasteiger partial charge in [0.2, 0.25) is 0 Å². The van der Waals surface area contributed by atoms with Gasteiger partial charge >= 0.3 is 0 Å². The fourth-order valence-corrected chi connectivity index (χ4v) is 1.85. The molecule has 1 aromatic heterocycles. The molecule has 1 aromatic rings. The van der Waals surface area contributed by atoms with E-state index in [1.165, 1.54) is 0 Å². The summed E-state index contributed by atoms with van der Waals surface area (Å²) in [5, 5.41) is 3.40. The van der Waals surface area contributed by atoms with Crippen molar-refractivity contribution in [2.24, 2.45) is 0 Å². The molecule has 0 aliphatic carbocycles. The molecule has 1 N–H and O–H groups in total. The van der Waals surface area contributed by atoms with E-state index in [2.05, 4.69) is 25.0 Å². The van der Waals surface area contributed by atoms with Gasteiger partial charge in [-0.1, -0.05) is 19.6 Å². The fourth-order valence-electron chi connectivity index (χ4n) is 0.974. The largest absolute Gasteiger partial charge is 0.468 e. The van der Waals surface area contributed by atoms with Crippen LogP contribution in [0.2, 0.25) is 19.6 Å². The van der Waals surface area contributed by atoms with E-state index in [4.69, 9.17) is 4.42 Å². The number of nitrogens with one attached hydrogen (secondary N) is 1. The highest BCUT2D eigenvalue weighted by molar-refractivity contribution is 6.76. The molecule has 3 heteroatoms. The fraction of sp³-hybridized carbons (Fsp3) is 0.556. The summed E-state index contributed by atoms with van der Waals surface area (Å²) in [5.41, 5.74) is 0. The monoisotopic (exact) mass is 183 g/mol. The van der Waals surface area contributed by atoms with E-state index in [0.717, 1.165) is 18.5 Å². The maximum Gasteiger partial charge on any atom is 0.117 e. The quantitative estimate of drug-likeness (QED) is 0.724. The maximum atomic E-state index is 5.20. The molecular weight excluding hydrogens is 166 g/mol. The highest BCUT2D eigenvalue weighted by Gasteiger charge is 2.11. The molecule has 0 aliphatic heterocycles. The minimum atomic E-state index is -0.943. The van der Waals surface area contributed by atoms with Gasteiger partial charge in [0, 0.05) is 0 Å². The van der Waals surface area contributed by atoms with E-state index in [-0.39, 0.29) is 0 Å². The van der Waals surface area contributed by atoms with E-state index in [1.54, 1.807) is 6.26 Å². The predicted octanol–water partition coefficient (Wildman–Crippen LogP) is 2.25. The summed E-state index contributed by atoms with van der Waals surface area (Å²) in [6.07, 6.45) is 2.86. The Labute approximate surface area is 75.0 Å². The Hall–Kier alpha value is -0.543. The van der Waals surface area contributed by atoms with E-state index in [1.807, 2.05) is 12.1 Å². The molecule has 12 heavy (non-hydrogen) atoms. The Kier molecular flexibility index (Phi) is 3.11. The Morgan fingerprint density at radius 1 is 1.42 bits per heavy atom. The molecule has 68 valence electrons. The lowest BCUT2D eigenvalue weighted by Crippen LogP contribution is -2.36. The van der Waals surface area contributed by atoms with Crippen molar-refractivity contribution in [2.75, 3.05) is 6.17 Å². The average Bonchev–Trinajstić information content (AvgIpc) is 2.36. The summed E-state index contributed by atoms with van der Waals surface area (Å²) in [6, 6.07) is 3.92. The zero-order valence-corrected chi connectivity index (χ0v) is 9.05. The molecule has 0 amide bonds. The van der Waals surface area contributed by atoms with Gasteiger partial charge in [-0.2, -0.15) is 0 Å². The molecule has 0 saturated heterocycles. The summed E-state index contributed by atoms with van der Waals surface area (Å²) < 4.78 is 5.20. The van der Waals surface area contributed by atoms with E-state index in [9.17, 15) is 0 Å². The van der Waals surface area contributed by atoms with Crippen LogP contribution in [0.4, 0.5) is 0 Å². The second-order valence-corrected chi connectivity index (χ2v) is 9.72. The molecule has 0 unspecified atom stereocenters. The van der Waals surface area contributed by atoms with Crippen molar-refractivity contribution >= 4 is 8.07 Å². The molecule has 0 spiro atoms. The van der Waals surface area contributed by atoms with Crippen molar-refractivity contribution in [1.29, 1.82) is 0 Å².